The predicted molar refractivity (Wildman–Crippen MR) is 60.9 cm³/mol. The molecule has 2 rings (SSSR count). The molecule has 1 aromatic carbocycles. The van der Waals surface area contributed by atoms with E-state index in [-0.39, 0.29) is 18.4 Å². The molecule has 1 fully saturated rings. The van der Waals surface area contributed by atoms with Gasteiger partial charge in [0.05, 0.1) is 6.04 Å². The molecule has 0 bridgehead atoms. The van der Waals surface area contributed by atoms with Gasteiger partial charge in [-0.25, -0.2) is 4.79 Å². The number of hydrogen-bond acceptors (Lipinski definition) is 2. The van der Waals surface area contributed by atoms with Crippen LogP contribution in [0.1, 0.15) is 11.6 Å². The topological polar surface area (TPSA) is 38.3 Å². The molecular formula is C9H8Cl3NO2. The number of carbonyl (C=O) groups excluding carboxylic acids is 1. The summed E-state index contributed by atoms with van der Waals surface area (Å²) in [7, 11) is 0. The molecule has 15 heavy (non-hydrogen) atoms. The van der Waals surface area contributed by atoms with Crippen LogP contribution in [0.25, 0.3) is 0 Å². The van der Waals surface area contributed by atoms with Crippen LogP contribution in [0.2, 0.25) is 10.0 Å². The zero-order valence-electron chi connectivity index (χ0n) is 7.50. The van der Waals surface area contributed by atoms with Crippen LogP contribution >= 0.6 is 35.6 Å². The Balaban J connectivity index is 0.00000112. The molecule has 0 unspecified atom stereocenters. The number of cyclic esters (lactones) is 1. The van der Waals surface area contributed by atoms with Gasteiger partial charge in [0.25, 0.3) is 0 Å². The number of alkyl carbamates (subject to hydrolysis) is 1. The number of halogens is 3. The molecule has 0 radical (unpaired) electrons. The van der Waals surface area contributed by atoms with Crippen LogP contribution in [0.4, 0.5) is 4.79 Å². The summed E-state index contributed by atoms with van der Waals surface area (Å²) in [6.45, 7) is 0.291. The van der Waals surface area contributed by atoms with Gasteiger partial charge in [-0.1, -0.05) is 23.2 Å². The van der Waals surface area contributed by atoms with Crippen LogP contribution in [0.15, 0.2) is 18.2 Å². The Hall–Kier alpha value is -0.640. The molecule has 1 aromatic rings. The summed E-state index contributed by atoms with van der Waals surface area (Å²) in [6.07, 6.45) is -0.425. The predicted octanol–water partition coefficient (Wildman–Crippen LogP) is 3.20. The van der Waals surface area contributed by atoms with Gasteiger partial charge in [0.2, 0.25) is 0 Å². The van der Waals surface area contributed by atoms with Gasteiger partial charge >= 0.3 is 6.09 Å². The lowest BCUT2D eigenvalue weighted by atomic mass is 10.1. The fourth-order valence-corrected chi connectivity index (χ4v) is 1.76. The van der Waals surface area contributed by atoms with Gasteiger partial charge in [0, 0.05) is 10.0 Å². The van der Waals surface area contributed by atoms with Gasteiger partial charge in [-0.15, -0.1) is 12.4 Å². The fourth-order valence-electron chi connectivity index (χ4n) is 1.33. The summed E-state index contributed by atoms with van der Waals surface area (Å²) in [4.78, 5) is 10.8. The third kappa shape index (κ3) is 2.68. The van der Waals surface area contributed by atoms with E-state index in [1.807, 2.05) is 0 Å². The average Bonchev–Trinajstić information content (AvgIpc) is 2.56. The SMILES string of the molecule is Cl.O=C1N[C@H](c2cc(Cl)ccc2Cl)CO1. The van der Waals surface area contributed by atoms with Crippen molar-refractivity contribution in [2.24, 2.45) is 0 Å². The highest BCUT2D eigenvalue weighted by Crippen LogP contribution is 2.28. The molecule has 1 aliphatic heterocycles. The molecule has 0 saturated carbocycles. The van der Waals surface area contributed by atoms with Gasteiger partial charge in [0.15, 0.2) is 0 Å². The maximum Gasteiger partial charge on any atom is 0.407 e. The highest BCUT2D eigenvalue weighted by molar-refractivity contribution is 6.33. The quantitative estimate of drug-likeness (QED) is 0.849. The van der Waals surface area contributed by atoms with E-state index >= 15 is 0 Å². The van der Waals surface area contributed by atoms with Crippen LogP contribution in [-0.2, 0) is 4.74 Å². The third-order valence-electron chi connectivity index (χ3n) is 2.01. The summed E-state index contributed by atoms with van der Waals surface area (Å²) in [5, 5.41) is 3.80. The van der Waals surface area contributed by atoms with E-state index in [9.17, 15) is 4.79 Å². The van der Waals surface area contributed by atoms with E-state index in [1.54, 1.807) is 18.2 Å². The van der Waals surface area contributed by atoms with Crippen LogP contribution in [0.5, 0.6) is 0 Å². The van der Waals surface area contributed by atoms with Gasteiger partial charge in [0.1, 0.15) is 6.61 Å². The van der Waals surface area contributed by atoms with Crippen molar-refractivity contribution >= 4 is 41.7 Å². The highest BCUT2D eigenvalue weighted by Gasteiger charge is 2.25. The first-order valence-corrected chi connectivity index (χ1v) is 4.80. The Morgan fingerprint density at radius 2 is 2.13 bits per heavy atom. The molecule has 1 amide bonds. The van der Waals surface area contributed by atoms with E-state index in [2.05, 4.69) is 5.32 Å². The summed E-state index contributed by atoms with van der Waals surface area (Å²) in [5.74, 6) is 0. The second kappa shape index (κ2) is 4.92. The van der Waals surface area contributed by atoms with Crippen molar-refractivity contribution in [3.8, 4) is 0 Å². The zero-order chi connectivity index (χ0) is 10.1. The molecule has 0 aliphatic carbocycles. The Bertz CT molecular complexity index is 384. The average molecular weight is 269 g/mol. The molecule has 1 N–H and O–H groups in total. The first-order valence-electron chi connectivity index (χ1n) is 4.05. The smallest absolute Gasteiger partial charge is 0.407 e. The van der Waals surface area contributed by atoms with Crippen molar-refractivity contribution in [3.05, 3.63) is 33.8 Å². The Morgan fingerprint density at radius 3 is 2.73 bits per heavy atom. The Labute approximate surface area is 103 Å². The lowest BCUT2D eigenvalue weighted by molar-refractivity contribution is 0.177. The van der Waals surface area contributed by atoms with Crippen LogP contribution in [0, 0.1) is 0 Å². The highest BCUT2D eigenvalue weighted by atomic mass is 35.5. The van der Waals surface area contributed by atoms with Crippen molar-refractivity contribution in [2.75, 3.05) is 6.61 Å². The lowest BCUT2D eigenvalue weighted by Gasteiger charge is -2.09. The van der Waals surface area contributed by atoms with Crippen LogP contribution in [-0.4, -0.2) is 12.7 Å². The van der Waals surface area contributed by atoms with Crippen LogP contribution < -0.4 is 5.32 Å². The van der Waals surface area contributed by atoms with E-state index in [1.165, 1.54) is 0 Å². The minimum Gasteiger partial charge on any atom is -0.447 e. The van der Waals surface area contributed by atoms with Gasteiger partial charge in [-0.05, 0) is 23.8 Å². The molecule has 0 spiro atoms. The van der Waals surface area contributed by atoms with E-state index < -0.39 is 6.09 Å². The first-order chi connectivity index (χ1) is 6.66. The monoisotopic (exact) mass is 267 g/mol. The first kappa shape index (κ1) is 12.4. The number of ether oxygens (including phenoxy) is 1. The van der Waals surface area contributed by atoms with Crippen molar-refractivity contribution in [1.29, 1.82) is 0 Å². The maximum absolute atomic E-state index is 10.8. The van der Waals surface area contributed by atoms with E-state index in [0.29, 0.717) is 16.7 Å². The minimum absolute atomic E-state index is 0. The number of carbonyl (C=O) groups is 1. The zero-order valence-corrected chi connectivity index (χ0v) is 9.83. The normalized spacial score (nSPS) is 19.1. The number of benzene rings is 1. The largest absolute Gasteiger partial charge is 0.447 e. The van der Waals surface area contributed by atoms with E-state index in [4.69, 9.17) is 27.9 Å². The molecule has 3 nitrogen and oxygen atoms in total. The third-order valence-corrected chi connectivity index (χ3v) is 2.59. The molecule has 1 atom stereocenters. The van der Waals surface area contributed by atoms with E-state index in [0.717, 1.165) is 5.56 Å². The Kier molecular flexibility index (Phi) is 4.08. The van der Waals surface area contributed by atoms with Gasteiger partial charge < -0.3 is 10.1 Å². The molecule has 1 heterocycles. The molecule has 6 heteroatoms. The summed E-state index contributed by atoms with van der Waals surface area (Å²) < 4.78 is 4.76. The second-order valence-electron chi connectivity index (χ2n) is 2.96. The molecule has 82 valence electrons. The number of nitrogens with one attached hydrogen (secondary N) is 1. The van der Waals surface area contributed by atoms with Crippen molar-refractivity contribution < 1.29 is 9.53 Å². The molecular weight excluding hydrogens is 260 g/mol. The molecule has 1 aliphatic rings. The molecule has 0 aromatic heterocycles. The van der Waals surface area contributed by atoms with Crippen molar-refractivity contribution in [1.82, 2.24) is 5.32 Å². The maximum atomic E-state index is 10.8. The number of rotatable bonds is 1. The summed E-state index contributed by atoms with van der Waals surface area (Å²) >= 11 is 11.8. The Morgan fingerprint density at radius 1 is 1.40 bits per heavy atom. The minimum atomic E-state index is -0.425. The van der Waals surface area contributed by atoms with Crippen molar-refractivity contribution in [2.45, 2.75) is 6.04 Å². The summed E-state index contributed by atoms with van der Waals surface area (Å²) in [6, 6.07) is 4.92. The number of amides is 1. The summed E-state index contributed by atoms with van der Waals surface area (Å²) in [5.41, 5.74) is 0.782. The second-order valence-corrected chi connectivity index (χ2v) is 3.80. The fraction of sp³-hybridized carbons (Fsp3) is 0.222. The number of hydrogen-bond donors (Lipinski definition) is 1. The van der Waals surface area contributed by atoms with Crippen molar-refractivity contribution in [3.63, 3.8) is 0 Å². The lowest BCUT2D eigenvalue weighted by Crippen LogP contribution is -2.18. The van der Waals surface area contributed by atoms with Gasteiger partial charge in [-0.2, -0.15) is 0 Å². The van der Waals surface area contributed by atoms with Gasteiger partial charge in [-0.3, -0.25) is 0 Å². The molecule has 1 saturated heterocycles. The standard InChI is InChI=1S/C9H7Cl2NO2.ClH/c10-5-1-2-7(11)6(3-5)8-4-14-9(13)12-8;/h1-3,8H,4H2,(H,12,13);1H/t8-;/m0./s1. The van der Waals surface area contributed by atoms with Crippen LogP contribution in [0.3, 0.4) is 0 Å².